The summed E-state index contributed by atoms with van der Waals surface area (Å²) < 4.78 is 51.4. The van der Waals surface area contributed by atoms with E-state index in [1.165, 1.54) is 24.2 Å². The Balaban J connectivity index is 2.11. The topological polar surface area (TPSA) is 79.4 Å². The molecule has 0 radical (unpaired) electrons. The van der Waals surface area contributed by atoms with Gasteiger partial charge in [0.25, 0.3) is 0 Å². The molecular formula is C19H16F3N3O3. The number of benzene rings is 2. The fourth-order valence-electron chi connectivity index (χ4n) is 2.70. The number of esters is 1. The van der Waals surface area contributed by atoms with E-state index in [0.29, 0.717) is 23.1 Å². The standard InChI is InChI=1S/C19H16F3N3O3/c1-27-12-5-3-11(4-6-12)16-9-25(10-24-16)17-7-13(18(26)28-2)15(23)8-14(17)19(20,21)22/h3-10H,23H2,1-2H3. The summed E-state index contributed by atoms with van der Waals surface area (Å²) in [7, 11) is 2.65. The largest absolute Gasteiger partial charge is 0.497 e. The number of halogens is 3. The molecule has 3 aromatic rings. The van der Waals surface area contributed by atoms with Crippen LogP contribution < -0.4 is 10.5 Å². The van der Waals surface area contributed by atoms with E-state index in [0.717, 1.165) is 13.2 Å². The molecule has 0 aliphatic carbocycles. The number of hydrogen-bond acceptors (Lipinski definition) is 5. The van der Waals surface area contributed by atoms with E-state index in [-0.39, 0.29) is 16.9 Å². The fraction of sp³-hybridized carbons (Fsp3) is 0.158. The van der Waals surface area contributed by atoms with Crippen LogP contribution in [0.3, 0.4) is 0 Å². The first-order chi connectivity index (χ1) is 13.2. The summed E-state index contributed by atoms with van der Waals surface area (Å²) >= 11 is 0. The molecule has 9 heteroatoms. The fourth-order valence-corrected chi connectivity index (χ4v) is 2.70. The normalized spacial score (nSPS) is 11.3. The molecule has 0 fully saturated rings. The molecule has 0 spiro atoms. The van der Waals surface area contributed by atoms with Gasteiger partial charge in [-0.3, -0.25) is 0 Å². The number of aromatic nitrogens is 2. The number of hydrogen-bond donors (Lipinski definition) is 1. The molecule has 0 aliphatic rings. The lowest BCUT2D eigenvalue weighted by Gasteiger charge is -2.16. The molecule has 6 nitrogen and oxygen atoms in total. The number of rotatable bonds is 4. The SMILES string of the molecule is COC(=O)c1cc(-n2cnc(-c3ccc(OC)cc3)c2)c(C(F)(F)F)cc1N. The Labute approximate surface area is 158 Å². The van der Waals surface area contributed by atoms with Crippen LogP contribution in [0.1, 0.15) is 15.9 Å². The van der Waals surface area contributed by atoms with Gasteiger partial charge in [-0.15, -0.1) is 0 Å². The van der Waals surface area contributed by atoms with E-state index in [9.17, 15) is 18.0 Å². The number of carbonyl (C=O) groups is 1. The number of nitrogens with zero attached hydrogens (tertiary/aromatic N) is 2. The second-order valence-corrected chi connectivity index (χ2v) is 5.84. The Morgan fingerprint density at radius 1 is 1.14 bits per heavy atom. The van der Waals surface area contributed by atoms with Gasteiger partial charge in [-0.25, -0.2) is 9.78 Å². The van der Waals surface area contributed by atoms with Crippen molar-refractivity contribution in [3.05, 3.63) is 60.0 Å². The van der Waals surface area contributed by atoms with Crippen molar-refractivity contribution in [1.29, 1.82) is 0 Å². The summed E-state index contributed by atoms with van der Waals surface area (Å²) in [6.07, 6.45) is -2.01. The van der Waals surface area contributed by atoms with E-state index in [1.807, 2.05) is 0 Å². The maximum Gasteiger partial charge on any atom is 0.418 e. The van der Waals surface area contributed by atoms with Gasteiger partial charge in [-0.1, -0.05) is 0 Å². The van der Waals surface area contributed by atoms with Gasteiger partial charge in [-0.2, -0.15) is 13.2 Å². The summed E-state index contributed by atoms with van der Waals surface area (Å²) in [4.78, 5) is 16.0. The van der Waals surface area contributed by atoms with Gasteiger partial charge in [0.1, 0.15) is 5.75 Å². The molecule has 0 aliphatic heterocycles. The maximum absolute atomic E-state index is 13.5. The third-order valence-electron chi connectivity index (χ3n) is 4.13. The lowest BCUT2D eigenvalue weighted by molar-refractivity contribution is -0.137. The summed E-state index contributed by atoms with van der Waals surface area (Å²) in [5.74, 6) is -0.188. The highest BCUT2D eigenvalue weighted by molar-refractivity contribution is 5.96. The first kappa shape index (κ1) is 19.3. The minimum absolute atomic E-state index is 0.162. The van der Waals surface area contributed by atoms with Gasteiger partial charge in [0.2, 0.25) is 0 Å². The zero-order valence-corrected chi connectivity index (χ0v) is 14.9. The van der Waals surface area contributed by atoms with Crippen molar-refractivity contribution < 1.29 is 27.4 Å². The number of carbonyl (C=O) groups excluding carboxylic acids is 1. The van der Waals surface area contributed by atoms with E-state index < -0.39 is 17.7 Å². The number of ether oxygens (including phenoxy) is 2. The number of methoxy groups -OCH3 is 2. The quantitative estimate of drug-likeness (QED) is 0.538. The summed E-state index contributed by atoms with van der Waals surface area (Å²) in [6, 6.07) is 8.67. The van der Waals surface area contributed by atoms with Crippen LogP contribution in [0.5, 0.6) is 5.75 Å². The van der Waals surface area contributed by atoms with Crippen LogP contribution in [0.4, 0.5) is 18.9 Å². The van der Waals surface area contributed by atoms with E-state index in [1.54, 1.807) is 24.3 Å². The molecule has 0 amide bonds. The smallest absolute Gasteiger partial charge is 0.418 e. The van der Waals surface area contributed by atoms with Crippen molar-refractivity contribution in [3.63, 3.8) is 0 Å². The van der Waals surface area contributed by atoms with Gasteiger partial charge >= 0.3 is 12.1 Å². The minimum atomic E-state index is -4.68. The third-order valence-corrected chi connectivity index (χ3v) is 4.13. The van der Waals surface area contributed by atoms with Crippen LogP contribution in [0.25, 0.3) is 16.9 Å². The third kappa shape index (κ3) is 3.64. The summed E-state index contributed by atoms with van der Waals surface area (Å²) in [6.45, 7) is 0. The van der Waals surface area contributed by atoms with E-state index in [4.69, 9.17) is 10.5 Å². The molecule has 1 heterocycles. The van der Waals surface area contributed by atoms with E-state index >= 15 is 0 Å². The highest BCUT2D eigenvalue weighted by Crippen LogP contribution is 2.37. The molecule has 0 unspecified atom stereocenters. The molecule has 28 heavy (non-hydrogen) atoms. The molecule has 1 aromatic heterocycles. The van der Waals surface area contributed by atoms with Crippen molar-refractivity contribution >= 4 is 11.7 Å². The Morgan fingerprint density at radius 3 is 2.39 bits per heavy atom. The predicted octanol–water partition coefficient (Wildman–Crippen LogP) is 3.94. The second kappa shape index (κ2) is 7.26. The van der Waals surface area contributed by atoms with Gasteiger partial charge < -0.3 is 19.8 Å². The summed E-state index contributed by atoms with van der Waals surface area (Å²) in [5.41, 5.74) is 5.01. The summed E-state index contributed by atoms with van der Waals surface area (Å²) in [5, 5.41) is 0. The Bertz CT molecular complexity index is 1010. The van der Waals surface area contributed by atoms with Crippen molar-refractivity contribution in [3.8, 4) is 22.7 Å². The first-order valence-electron chi connectivity index (χ1n) is 8.02. The second-order valence-electron chi connectivity index (χ2n) is 5.84. The number of nitrogen functional groups attached to an aromatic ring is 1. The number of imidazole rings is 1. The van der Waals surface area contributed by atoms with Gasteiger partial charge in [0, 0.05) is 17.4 Å². The average Bonchev–Trinajstić information content (AvgIpc) is 3.16. The van der Waals surface area contributed by atoms with Crippen LogP contribution in [-0.2, 0) is 10.9 Å². The molecule has 0 atom stereocenters. The number of nitrogens with two attached hydrogens (primary N) is 1. The predicted molar refractivity (Wildman–Crippen MR) is 96.3 cm³/mol. The van der Waals surface area contributed by atoms with Crippen LogP contribution in [0, 0.1) is 0 Å². The Hall–Kier alpha value is -3.49. The molecule has 0 bridgehead atoms. The average molecular weight is 391 g/mol. The van der Waals surface area contributed by atoms with Gasteiger partial charge in [0.15, 0.2) is 0 Å². The van der Waals surface area contributed by atoms with Crippen molar-refractivity contribution in [2.75, 3.05) is 20.0 Å². The zero-order chi connectivity index (χ0) is 20.5. The monoisotopic (exact) mass is 391 g/mol. The van der Waals surface area contributed by atoms with E-state index in [2.05, 4.69) is 9.72 Å². The number of anilines is 1. The van der Waals surface area contributed by atoms with Crippen molar-refractivity contribution in [2.24, 2.45) is 0 Å². The van der Waals surface area contributed by atoms with Crippen LogP contribution in [0.2, 0.25) is 0 Å². The highest BCUT2D eigenvalue weighted by Gasteiger charge is 2.35. The molecular weight excluding hydrogens is 375 g/mol. The Morgan fingerprint density at radius 2 is 1.82 bits per heavy atom. The van der Waals surface area contributed by atoms with Gasteiger partial charge in [0.05, 0.1) is 43.1 Å². The lowest BCUT2D eigenvalue weighted by atomic mass is 10.1. The van der Waals surface area contributed by atoms with Crippen molar-refractivity contribution in [1.82, 2.24) is 9.55 Å². The molecule has 2 aromatic carbocycles. The number of alkyl halides is 3. The molecule has 146 valence electrons. The maximum atomic E-state index is 13.5. The highest BCUT2D eigenvalue weighted by atomic mass is 19.4. The molecule has 3 rings (SSSR count). The lowest BCUT2D eigenvalue weighted by Crippen LogP contribution is -2.14. The van der Waals surface area contributed by atoms with Crippen molar-refractivity contribution in [2.45, 2.75) is 6.18 Å². The molecule has 2 N–H and O–H groups in total. The zero-order valence-electron chi connectivity index (χ0n) is 14.9. The molecule has 0 saturated carbocycles. The molecule has 0 saturated heterocycles. The van der Waals surface area contributed by atoms with Crippen LogP contribution in [-0.4, -0.2) is 29.7 Å². The van der Waals surface area contributed by atoms with Crippen LogP contribution in [0.15, 0.2) is 48.9 Å². The Kier molecular flexibility index (Phi) is 5.00. The van der Waals surface area contributed by atoms with Crippen LogP contribution >= 0.6 is 0 Å². The van der Waals surface area contributed by atoms with Gasteiger partial charge in [-0.05, 0) is 36.4 Å². The minimum Gasteiger partial charge on any atom is -0.497 e. The first-order valence-corrected chi connectivity index (χ1v) is 8.02.